The zero-order chi connectivity index (χ0) is 13.7. The first-order valence-electron chi connectivity index (χ1n) is 6.49. The number of nitrogens with one attached hydrogen (secondary N) is 1. The fourth-order valence-electron chi connectivity index (χ4n) is 1.95. The largest absolute Gasteiger partial charge is 0.474 e. The predicted molar refractivity (Wildman–Crippen MR) is 77.9 cm³/mol. The number of pyridine rings is 1. The summed E-state index contributed by atoms with van der Waals surface area (Å²) in [6, 6.07) is 8.11. The number of fused-ring (bicyclic) bond motifs is 1. The van der Waals surface area contributed by atoms with E-state index in [0.29, 0.717) is 12.5 Å². The summed E-state index contributed by atoms with van der Waals surface area (Å²) in [4.78, 5) is 4.34. The summed E-state index contributed by atoms with van der Waals surface area (Å²) < 4.78 is 10.9. The summed E-state index contributed by atoms with van der Waals surface area (Å²) in [6.07, 6.45) is 1.88. The molecule has 102 valence electrons. The molecule has 4 heteroatoms. The first kappa shape index (κ1) is 13.6. The highest BCUT2D eigenvalue weighted by atomic mass is 16.5. The SMILES string of the molecule is COCCNc1cccc2ccnc(OC(C)C)c12. The van der Waals surface area contributed by atoms with E-state index in [9.17, 15) is 0 Å². The first-order valence-corrected chi connectivity index (χ1v) is 6.49. The summed E-state index contributed by atoms with van der Waals surface area (Å²) >= 11 is 0. The van der Waals surface area contributed by atoms with Crippen LogP contribution in [0.5, 0.6) is 5.88 Å². The number of ether oxygens (including phenoxy) is 2. The van der Waals surface area contributed by atoms with Gasteiger partial charge in [-0.15, -0.1) is 0 Å². The smallest absolute Gasteiger partial charge is 0.223 e. The van der Waals surface area contributed by atoms with Gasteiger partial charge in [-0.3, -0.25) is 0 Å². The van der Waals surface area contributed by atoms with Crippen LogP contribution >= 0.6 is 0 Å². The number of nitrogens with zero attached hydrogens (tertiary/aromatic N) is 1. The van der Waals surface area contributed by atoms with Crippen molar-refractivity contribution in [3.63, 3.8) is 0 Å². The molecule has 0 radical (unpaired) electrons. The van der Waals surface area contributed by atoms with Crippen LogP contribution in [-0.2, 0) is 4.74 Å². The van der Waals surface area contributed by atoms with Gasteiger partial charge in [-0.05, 0) is 31.4 Å². The maximum Gasteiger partial charge on any atom is 0.223 e. The number of aromatic nitrogens is 1. The van der Waals surface area contributed by atoms with Crippen molar-refractivity contribution < 1.29 is 9.47 Å². The molecule has 0 atom stereocenters. The second-order valence-electron chi connectivity index (χ2n) is 4.61. The highest BCUT2D eigenvalue weighted by Gasteiger charge is 2.09. The van der Waals surface area contributed by atoms with Crippen LogP contribution in [0.25, 0.3) is 10.8 Å². The summed E-state index contributed by atoms with van der Waals surface area (Å²) in [5.74, 6) is 0.674. The van der Waals surface area contributed by atoms with E-state index < -0.39 is 0 Å². The molecule has 0 amide bonds. The summed E-state index contributed by atoms with van der Waals surface area (Å²) in [7, 11) is 1.69. The van der Waals surface area contributed by atoms with E-state index in [-0.39, 0.29) is 6.10 Å². The summed E-state index contributed by atoms with van der Waals surface area (Å²) in [5, 5.41) is 5.50. The molecule has 0 aliphatic heterocycles. The predicted octanol–water partition coefficient (Wildman–Crippen LogP) is 3.08. The van der Waals surface area contributed by atoms with Crippen LogP contribution in [0.4, 0.5) is 5.69 Å². The number of benzene rings is 1. The molecule has 1 aromatic heterocycles. The van der Waals surface area contributed by atoms with E-state index in [2.05, 4.69) is 16.4 Å². The van der Waals surface area contributed by atoms with Gasteiger partial charge in [0.15, 0.2) is 0 Å². The van der Waals surface area contributed by atoms with Crippen LogP contribution in [0.1, 0.15) is 13.8 Å². The summed E-state index contributed by atoms with van der Waals surface area (Å²) in [5.41, 5.74) is 1.03. The van der Waals surface area contributed by atoms with Gasteiger partial charge in [0.05, 0.1) is 18.1 Å². The second-order valence-corrected chi connectivity index (χ2v) is 4.61. The van der Waals surface area contributed by atoms with Crippen molar-refractivity contribution in [2.75, 3.05) is 25.6 Å². The highest BCUT2D eigenvalue weighted by Crippen LogP contribution is 2.30. The first-order chi connectivity index (χ1) is 9.22. The number of rotatable bonds is 6. The van der Waals surface area contributed by atoms with Crippen LogP contribution in [0.15, 0.2) is 30.5 Å². The lowest BCUT2D eigenvalue weighted by Gasteiger charge is -2.14. The molecule has 0 bridgehead atoms. The van der Waals surface area contributed by atoms with E-state index >= 15 is 0 Å². The van der Waals surface area contributed by atoms with Crippen molar-refractivity contribution in [1.82, 2.24) is 4.98 Å². The summed E-state index contributed by atoms with van der Waals surface area (Å²) in [6.45, 7) is 5.42. The minimum Gasteiger partial charge on any atom is -0.474 e. The van der Waals surface area contributed by atoms with Crippen LogP contribution in [0, 0.1) is 0 Å². The molecule has 0 fully saturated rings. The molecule has 1 heterocycles. The third kappa shape index (κ3) is 3.35. The van der Waals surface area contributed by atoms with E-state index in [0.717, 1.165) is 23.0 Å². The Hall–Kier alpha value is -1.81. The minimum atomic E-state index is 0.102. The van der Waals surface area contributed by atoms with Gasteiger partial charge in [0.25, 0.3) is 0 Å². The van der Waals surface area contributed by atoms with Gasteiger partial charge in [-0.1, -0.05) is 12.1 Å². The number of hydrogen-bond donors (Lipinski definition) is 1. The van der Waals surface area contributed by atoms with Gasteiger partial charge < -0.3 is 14.8 Å². The lowest BCUT2D eigenvalue weighted by molar-refractivity contribution is 0.211. The Bertz CT molecular complexity index is 535. The van der Waals surface area contributed by atoms with E-state index in [1.807, 2.05) is 32.0 Å². The Morgan fingerprint density at radius 3 is 2.84 bits per heavy atom. The van der Waals surface area contributed by atoms with E-state index in [1.165, 1.54) is 0 Å². The molecule has 0 spiro atoms. The maximum atomic E-state index is 5.79. The Labute approximate surface area is 113 Å². The van der Waals surface area contributed by atoms with E-state index in [1.54, 1.807) is 13.3 Å². The van der Waals surface area contributed by atoms with Gasteiger partial charge in [-0.2, -0.15) is 0 Å². The van der Waals surface area contributed by atoms with Crippen LogP contribution in [0.3, 0.4) is 0 Å². The van der Waals surface area contributed by atoms with Gasteiger partial charge in [-0.25, -0.2) is 4.98 Å². The molecule has 0 saturated heterocycles. The van der Waals surface area contributed by atoms with Crippen molar-refractivity contribution >= 4 is 16.5 Å². The average molecular weight is 260 g/mol. The topological polar surface area (TPSA) is 43.4 Å². The Morgan fingerprint density at radius 1 is 1.26 bits per heavy atom. The van der Waals surface area contributed by atoms with Crippen molar-refractivity contribution in [3.05, 3.63) is 30.5 Å². The zero-order valence-electron chi connectivity index (χ0n) is 11.6. The van der Waals surface area contributed by atoms with Crippen LogP contribution in [0.2, 0.25) is 0 Å². The van der Waals surface area contributed by atoms with Crippen LogP contribution < -0.4 is 10.1 Å². The minimum absolute atomic E-state index is 0.102. The lowest BCUT2D eigenvalue weighted by Crippen LogP contribution is -2.10. The standard InChI is InChI=1S/C15H20N2O2/c1-11(2)19-15-14-12(7-8-17-15)5-4-6-13(14)16-9-10-18-3/h4-8,11,16H,9-10H2,1-3H3. The normalized spacial score (nSPS) is 10.9. The van der Waals surface area contributed by atoms with Crippen molar-refractivity contribution in [1.29, 1.82) is 0 Å². The van der Waals surface area contributed by atoms with Gasteiger partial charge in [0, 0.05) is 25.5 Å². The number of hydrogen-bond acceptors (Lipinski definition) is 4. The van der Waals surface area contributed by atoms with Gasteiger partial charge in [0.2, 0.25) is 5.88 Å². The van der Waals surface area contributed by atoms with Gasteiger partial charge in [0.1, 0.15) is 0 Å². The Morgan fingerprint density at radius 2 is 2.11 bits per heavy atom. The second kappa shape index (κ2) is 6.38. The molecule has 0 aliphatic rings. The number of anilines is 1. The molecule has 0 saturated carbocycles. The molecule has 0 unspecified atom stereocenters. The van der Waals surface area contributed by atoms with Crippen molar-refractivity contribution in [2.24, 2.45) is 0 Å². The fourth-order valence-corrected chi connectivity index (χ4v) is 1.95. The molecule has 4 nitrogen and oxygen atoms in total. The lowest BCUT2D eigenvalue weighted by atomic mass is 10.1. The maximum absolute atomic E-state index is 5.79. The molecular weight excluding hydrogens is 240 g/mol. The van der Waals surface area contributed by atoms with Crippen molar-refractivity contribution in [3.8, 4) is 5.88 Å². The van der Waals surface area contributed by atoms with Gasteiger partial charge >= 0.3 is 0 Å². The average Bonchev–Trinajstić information content (AvgIpc) is 2.38. The Kier molecular flexibility index (Phi) is 4.58. The number of methoxy groups -OCH3 is 1. The molecule has 19 heavy (non-hydrogen) atoms. The fraction of sp³-hybridized carbons (Fsp3) is 0.400. The monoisotopic (exact) mass is 260 g/mol. The third-order valence-electron chi connectivity index (χ3n) is 2.73. The Balaban J connectivity index is 2.39. The molecule has 0 aliphatic carbocycles. The van der Waals surface area contributed by atoms with E-state index in [4.69, 9.17) is 9.47 Å². The van der Waals surface area contributed by atoms with Crippen LogP contribution in [-0.4, -0.2) is 31.3 Å². The van der Waals surface area contributed by atoms with Crippen molar-refractivity contribution in [2.45, 2.75) is 20.0 Å². The third-order valence-corrected chi connectivity index (χ3v) is 2.73. The highest BCUT2D eigenvalue weighted by molar-refractivity contribution is 5.97. The molecule has 2 rings (SSSR count). The molecular formula is C15H20N2O2. The quantitative estimate of drug-likeness (QED) is 0.811. The zero-order valence-corrected chi connectivity index (χ0v) is 11.6. The molecule has 1 N–H and O–H groups in total. The molecule has 1 aromatic carbocycles. The molecule has 2 aromatic rings.